The van der Waals surface area contributed by atoms with Crippen LogP contribution in [0.1, 0.15) is 11.3 Å². The normalized spacial score (nSPS) is 10.8. The molecule has 0 fully saturated rings. The highest BCUT2D eigenvalue weighted by Crippen LogP contribution is 2.14. The van der Waals surface area contributed by atoms with Crippen molar-refractivity contribution in [2.75, 3.05) is 7.11 Å². The lowest BCUT2D eigenvalue weighted by molar-refractivity contribution is 0.415. The lowest BCUT2D eigenvalue weighted by atomic mass is 10.2. The number of benzene rings is 1. The molecule has 1 N–H and O–H groups in total. The van der Waals surface area contributed by atoms with Crippen molar-refractivity contribution < 1.29 is 4.74 Å². The summed E-state index contributed by atoms with van der Waals surface area (Å²) in [4.78, 5) is 3.09. The molecule has 1 aromatic heterocycles. The zero-order valence-electron chi connectivity index (χ0n) is 8.77. The Bertz CT molecular complexity index is 537. The van der Waals surface area contributed by atoms with E-state index in [0.717, 1.165) is 21.0 Å². The first-order chi connectivity index (χ1) is 7.78. The van der Waals surface area contributed by atoms with Crippen molar-refractivity contribution in [1.82, 2.24) is 4.98 Å². The van der Waals surface area contributed by atoms with Gasteiger partial charge in [0.2, 0.25) is 0 Å². The van der Waals surface area contributed by atoms with E-state index in [1.807, 2.05) is 41.8 Å². The third kappa shape index (κ3) is 2.81. The van der Waals surface area contributed by atoms with Crippen molar-refractivity contribution in [2.24, 2.45) is 0 Å². The summed E-state index contributed by atoms with van der Waals surface area (Å²) in [5.74, 6) is 0.868. The van der Waals surface area contributed by atoms with Gasteiger partial charge >= 0.3 is 0 Å². The minimum Gasteiger partial charge on any atom is -0.497 e. The summed E-state index contributed by atoms with van der Waals surface area (Å²) in [6, 6.07) is 7.90. The molecular formula is C12H11NOS2. The molecule has 0 aliphatic rings. The van der Waals surface area contributed by atoms with E-state index >= 15 is 0 Å². The number of hydrogen-bond donors (Lipinski definition) is 1. The summed E-state index contributed by atoms with van der Waals surface area (Å²) in [7, 11) is 1.66. The Labute approximate surface area is 103 Å². The number of aromatic amines is 1. The van der Waals surface area contributed by atoms with Gasteiger partial charge in [-0.2, -0.15) is 0 Å². The highest BCUT2D eigenvalue weighted by molar-refractivity contribution is 7.73. The molecule has 1 heterocycles. The smallest absolute Gasteiger partial charge is 0.158 e. The van der Waals surface area contributed by atoms with Crippen LogP contribution in [0.25, 0.3) is 12.2 Å². The number of rotatable bonds is 3. The molecule has 2 nitrogen and oxygen atoms in total. The predicted octanol–water partition coefficient (Wildman–Crippen LogP) is 3.98. The summed E-state index contributed by atoms with van der Waals surface area (Å²) in [6.45, 7) is 0. The van der Waals surface area contributed by atoms with Crippen molar-refractivity contribution in [3.05, 3.63) is 44.9 Å². The highest BCUT2D eigenvalue weighted by atomic mass is 32.1. The molecular weight excluding hydrogens is 238 g/mol. The molecule has 4 heteroatoms. The van der Waals surface area contributed by atoms with Gasteiger partial charge in [-0.05, 0) is 36.0 Å². The van der Waals surface area contributed by atoms with Crippen LogP contribution in [0, 0.1) is 3.95 Å². The van der Waals surface area contributed by atoms with Crippen LogP contribution >= 0.6 is 23.6 Å². The minimum atomic E-state index is 0.800. The zero-order valence-corrected chi connectivity index (χ0v) is 10.4. The molecule has 0 aliphatic carbocycles. The molecule has 0 amide bonds. The fraction of sp³-hybridized carbons (Fsp3) is 0.0833. The number of H-pyrrole nitrogens is 1. The van der Waals surface area contributed by atoms with Crippen molar-refractivity contribution in [1.29, 1.82) is 0 Å². The molecule has 0 aliphatic heterocycles. The van der Waals surface area contributed by atoms with E-state index in [1.54, 1.807) is 7.11 Å². The fourth-order valence-corrected chi connectivity index (χ4v) is 2.09. The van der Waals surface area contributed by atoms with E-state index in [9.17, 15) is 0 Å². The van der Waals surface area contributed by atoms with E-state index in [-0.39, 0.29) is 0 Å². The SMILES string of the molecule is COc1ccc(/C=C/c2csc(=S)[nH]2)cc1. The van der Waals surface area contributed by atoms with E-state index < -0.39 is 0 Å². The van der Waals surface area contributed by atoms with Crippen molar-refractivity contribution in [2.45, 2.75) is 0 Å². The molecule has 0 saturated carbocycles. The fourth-order valence-electron chi connectivity index (χ4n) is 1.28. The van der Waals surface area contributed by atoms with E-state index in [4.69, 9.17) is 17.0 Å². The maximum Gasteiger partial charge on any atom is 0.158 e. The van der Waals surface area contributed by atoms with Gasteiger partial charge < -0.3 is 9.72 Å². The summed E-state index contributed by atoms with van der Waals surface area (Å²) in [5.41, 5.74) is 2.16. The Morgan fingerprint density at radius 1 is 1.25 bits per heavy atom. The molecule has 0 unspecified atom stereocenters. The Morgan fingerprint density at radius 2 is 2.00 bits per heavy atom. The lowest BCUT2D eigenvalue weighted by Crippen LogP contribution is -1.81. The average molecular weight is 249 g/mol. The third-order valence-corrected chi connectivity index (χ3v) is 3.19. The first-order valence-electron chi connectivity index (χ1n) is 4.78. The maximum atomic E-state index is 5.09. The van der Waals surface area contributed by atoms with Crippen molar-refractivity contribution >= 4 is 35.7 Å². The number of ether oxygens (including phenoxy) is 1. The second-order valence-electron chi connectivity index (χ2n) is 3.21. The quantitative estimate of drug-likeness (QED) is 0.832. The highest BCUT2D eigenvalue weighted by Gasteiger charge is 1.91. The molecule has 16 heavy (non-hydrogen) atoms. The van der Waals surface area contributed by atoms with Gasteiger partial charge in [0.1, 0.15) is 5.75 Å². The Kier molecular flexibility index (Phi) is 3.54. The predicted molar refractivity (Wildman–Crippen MR) is 71.4 cm³/mol. The first kappa shape index (κ1) is 11.1. The van der Waals surface area contributed by atoms with Crippen LogP contribution in [0.3, 0.4) is 0 Å². The zero-order chi connectivity index (χ0) is 11.4. The molecule has 1 aromatic carbocycles. The minimum absolute atomic E-state index is 0.800. The van der Waals surface area contributed by atoms with Gasteiger partial charge in [-0.15, -0.1) is 11.3 Å². The monoisotopic (exact) mass is 249 g/mol. The Balaban J connectivity index is 2.14. The molecule has 0 saturated heterocycles. The Hall–Kier alpha value is -1.39. The number of thiazole rings is 1. The van der Waals surface area contributed by atoms with Crippen LogP contribution in [0.2, 0.25) is 0 Å². The second-order valence-corrected chi connectivity index (χ2v) is 4.76. The molecule has 0 atom stereocenters. The maximum absolute atomic E-state index is 5.09. The van der Waals surface area contributed by atoms with Crippen LogP contribution in [0.5, 0.6) is 5.75 Å². The topological polar surface area (TPSA) is 25.0 Å². The molecule has 0 bridgehead atoms. The number of nitrogens with one attached hydrogen (secondary N) is 1. The number of aromatic nitrogens is 1. The molecule has 0 radical (unpaired) electrons. The summed E-state index contributed by atoms with van der Waals surface area (Å²) < 4.78 is 5.89. The van der Waals surface area contributed by atoms with Gasteiger partial charge in [0.25, 0.3) is 0 Å². The first-order valence-corrected chi connectivity index (χ1v) is 6.06. The molecule has 82 valence electrons. The van der Waals surface area contributed by atoms with Gasteiger partial charge in [0, 0.05) is 11.1 Å². The van der Waals surface area contributed by atoms with Gasteiger partial charge in [-0.1, -0.05) is 18.2 Å². The van der Waals surface area contributed by atoms with Crippen molar-refractivity contribution in [3.8, 4) is 5.75 Å². The van der Waals surface area contributed by atoms with E-state index in [1.165, 1.54) is 11.3 Å². The van der Waals surface area contributed by atoms with Crippen LogP contribution < -0.4 is 4.74 Å². The van der Waals surface area contributed by atoms with Gasteiger partial charge in [-0.3, -0.25) is 0 Å². The van der Waals surface area contributed by atoms with Crippen molar-refractivity contribution in [3.63, 3.8) is 0 Å². The standard InChI is InChI=1S/C12H11NOS2/c1-14-11-6-3-9(4-7-11)2-5-10-8-16-12(15)13-10/h2-8H,1H3,(H,13,15)/b5-2+. The summed E-state index contributed by atoms with van der Waals surface area (Å²) >= 11 is 6.54. The average Bonchev–Trinajstić information content (AvgIpc) is 2.73. The molecule has 0 spiro atoms. The van der Waals surface area contributed by atoms with Gasteiger partial charge in [0.15, 0.2) is 3.95 Å². The third-order valence-electron chi connectivity index (χ3n) is 2.11. The van der Waals surface area contributed by atoms with E-state index in [0.29, 0.717) is 0 Å². The van der Waals surface area contributed by atoms with Crippen LogP contribution in [-0.4, -0.2) is 12.1 Å². The van der Waals surface area contributed by atoms with Crippen LogP contribution in [0.15, 0.2) is 29.6 Å². The number of methoxy groups -OCH3 is 1. The largest absolute Gasteiger partial charge is 0.497 e. The lowest BCUT2D eigenvalue weighted by Gasteiger charge is -1.98. The number of hydrogen-bond acceptors (Lipinski definition) is 3. The van der Waals surface area contributed by atoms with Crippen LogP contribution in [0.4, 0.5) is 0 Å². The summed E-state index contributed by atoms with van der Waals surface area (Å²) in [5, 5.41) is 2.00. The van der Waals surface area contributed by atoms with Gasteiger partial charge in [-0.25, -0.2) is 0 Å². The van der Waals surface area contributed by atoms with E-state index in [2.05, 4.69) is 4.98 Å². The van der Waals surface area contributed by atoms with Gasteiger partial charge in [0.05, 0.1) is 7.11 Å². The van der Waals surface area contributed by atoms with Crippen LogP contribution in [-0.2, 0) is 0 Å². The molecule has 2 rings (SSSR count). The summed E-state index contributed by atoms with van der Waals surface area (Å²) in [6.07, 6.45) is 4.04. The second kappa shape index (κ2) is 5.09. The molecule has 2 aromatic rings. The Morgan fingerprint density at radius 3 is 2.56 bits per heavy atom.